The van der Waals surface area contributed by atoms with Crippen LogP contribution in [-0.4, -0.2) is 14.0 Å². The molecule has 0 aliphatic rings. The fourth-order valence-corrected chi connectivity index (χ4v) is 9.60. The molecule has 0 N–H and O–H groups in total. The Morgan fingerprint density at radius 2 is 0.776 bits per heavy atom. The lowest BCUT2D eigenvalue weighted by Gasteiger charge is -2.30. The monoisotopic (exact) mass is 904 g/mol. The summed E-state index contributed by atoms with van der Waals surface area (Å²) in [5, 5.41) is 0. The van der Waals surface area contributed by atoms with Crippen LogP contribution in [0.4, 0.5) is 34.1 Å². The van der Waals surface area contributed by atoms with E-state index >= 15 is 0 Å². The number of rotatable bonds is 18. The first-order chi connectivity index (χ1) is 32.4. The van der Waals surface area contributed by atoms with Gasteiger partial charge in [0, 0.05) is 34.1 Å². The molecule has 7 heteroatoms. The molecule has 0 fully saturated rings. The second kappa shape index (κ2) is 20.2. The molecule has 0 spiro atoms. The minimum atomic E-state index is -3.68. The predicted molar refractivity (Wildman–Crippen MR) is 277 cm³/mol. The first kappa shape index (κ1) is 46.4. The lowest BCUT2D eigenvalue weighted by Crippen LogP contribution is -2.31. The van der Waals surface area contributed by atoms with E-state index in [-0.39, 0.29) is 20.8 Å². The predicted octanol–water partition coefficient (Wildman–Crippen LogP) is 17.0. The van der Waals surface area contributed by atoms with Crippen LogP contribution in [0.25, 0.3) is 11.1 Å². The minimum Gasteiger partial charge on any atom is -0.488 e. The summed E-state index contributed by atoms with van der Waals surface area (Å²) in [6, 6.07) is 68.3. The molecule has 0 saturated carbocycles. The van der Waals surface area contributed by atoms with Gasteiger partial charge in [-0.25, -0.2) is 8.42 Å². The Labute approximate surface area is 398 Å². The van der Waals surface area contributed by atoms with Crippen LogP contribution in [0.2, 0.25) is 0 Å². The van der Waals surface area contributed by atoms with Gasteiger partial charge >= 0.3 is 0 Å². The molecule has 0 saturated heterocycles. The van der Waals surface area contributed by atoms with Crippen molar-refractivity contribution in [1.82, 2.24) is 0 Å². The molecule has 0 aliphatic heterocycles. The topological polar surface area (TPSA) is 59.1 Å². The number of sulfone groups is 1. The minimum absolute atomic E-state index is 0.0230. The van der Waals surface area contributed by atoms with Gasteiger partial charge in [-0.3, -0.25) is 0 Å². The second-order valence-electron chi connectivity index (χ2n) is 17.9. The third-order valence-corrected chi connectivity index (χ3v) is 14.7. The smallest absolute Gasteiger partial charge is 0.206 e. The standard InChI is InChI=1S/C60H60N2O4S/c1-7-44-60(6,9-3)66-56-36-32-53(33-37-56)62(49-18-14-11-15-19-49)51-28-22-46(23-29-51)45-20-26-50(27-21-45)61(48-16-12-10-13-17-48)52-30-34-54(35-31-52)65-55-38-42-58(43-39-55)67(63,64)57-40-24-47(25-41-57)59(4,5)8-2/h10-43H,7-9,44H2,1-6H3. The molecule has 0 heterocycles. The maximum atomic E-state index is 13.5. The van der Waals surface area contributed by atoms with Gasteiger partial charge in [0.2, 0.25) is 9.84 Å². The van der Waals surface area contributed by atoms with E-state index in [9.17, 15) is 8.42 Å². The Balaban J connectivity index is 0.980. The van der Waals surface area contributed by atoms with Gasteiger partial charge in [0.25, 0.3) is 0 Å². The van der Waals surface area contributed by atoms with E-state index in [1.54, 1.807) is 36.4 Å². The van der Waals surface area contributed by atoms with Gasteiger partial charge in [0.05, 0.1) is 9.79 Å². The van der Waals surface area contributed by atoms with Gasteiger partial charge < -0.3 is 19.3 Å². The van der Waals surface area contributed by atoms with Crippen LogP contribution in [-0.2, 0) is 15.3 Å². The van der Waals surface area contributed by atoms with Crippen molar-refractivity contribution in [2.75, 3.05) is 9.80 Å². The second-order valence-corrected chi connectivity index (χ2v) is 19.9. The molecule has 8 rings (SSSR count). The van der Waals surface area contributed by atoms with Crippen molar-refractivity contribution >= 4 is 44.0 Å². The number of benzene rings is 8. The number of nitrogens with zero attached hydrogens (tertiary/aromatic N) is 2. The molecule has 67 heavy (non-hydrogen) atoms. The lowest BCUT2D eigenvalue weighted by molar-refractivity contribution is 0.0741. The molecule has 0 aliphatic carbocycles. The van der Waals surface area contributed by atoms with Crippen molar-refractivity contribution in [3.05, 3.63) is 212 Å². The Morgan fingerprint density at radius 1 is 0.418 bits per heavy atom. The van der Waals surface area contributed by atoms with E-state index in [2.05, 4.69) is 161 Å². The van der Waals surface area contributed by atoms with Crippen LogP contribution in [0.1, 0.15) is 72.8 Å². The van der Waals surface area contributed by atoms with Crippen molar-refractivity contribution in [3.63, 3.8) is 0 Å². The van der Waals surface area contributed by atoms with Crippen molar-refractivity contribution in [1.29, 1.82) is 0 Å². The van der Waals surface area contributed by atoms with Crippen molar-refractivity contribution < 1.29 is 17.9 Å². The van der Waals surface area contributed by atoms with Gasteiger partial charge in [0.1, 0.15) is 22.8 Å². The molecule has 1 unspecified atom stereocenters. The molecular weight excluding hydrogens is 845 g/mol. The maximum Gasteiger partial charge on any atom is 0.206 e. The average molecular weight is 905 g/mol. The van der Waals surface area contributed by atoms with Crippen molar-refractivity contribution in [3.8, 4) is 28.4 Å². The molecule has 340 valence electrons. The van der Waals surface area contributed by atoms with E-state index < -0.39 is 9.84 Å². The molecule has 0 radical (unpaired) electrons. The molecule has 6 nitrogen and oxygen atoms in total. The molecule has 0 bridgehead atoms. The molecule has 8 aromatic rings. The Bertz CT molecular complexity index is 2940. The van der Waals surface area contributed by atoms with Crippen molar-refractivity contribution in [2.45, 2.75) is 88.0 Å². The van der Waals surface area contributed by atoms with Crippen LogP contribution in [0.15, 0.2) is 216 Å². The van der Waals surface area contributed by atoms with Gasteiger partial charge in [-0.05, 0) is 182 Å². The summed E-state index contributed by atoms with van der Waals surface area (Å²) in [7, 11) is -3.68. The van der Waals surface area contributed by atoms with Crippen LogP contribution >= 0.6 is 0 Å². The van der Waals surface area contributed by atoms with Gasteiger partial charge in [-0.2, -0.15) is 0 Å². The van der Waals surface area contributed by atoms with Crippen LogP contribution in [0, 0.1) is 0 Å². The Kier molecular flexibility index (Phi) is 14.0. The summed E-state index contributed by atoms with van der Waals surface area (Å²) in [6.07, 6.45) is 4.01. The fourth-order valence-electron chi connectivity index (χ4n) is 8.34. The van der Waals surface area contributed by atoms with E-state index in [1.165, 1.54) is 0 Å². The number of hydrogen-bond donors (Lipinski definition) is 0. The first-order valence-electron chi connectivity index (χ1n) is 23.3. The summed E-state index contributed by atoms with van der Waals surface area (Å²) in [5.74, 6) is 2.07. The number of hydrogen-bond acceptors (Lipinski definition) is 6. The van der Waals surface area contributed by atoms with E-state index in [4.69, 9.17) is 9.47 Å². The van der Waals surface area contributed by atoms with E-state index in [0.29, 0.717) is 11.5 Å². The SMILES string of the molecule is CCCC(C)(CC)Oc1ccc(N(c2ccccc2)c2ccc(-c3ccc(N(c4ccccc4)c4ccc(Oc5ccc(S(=O)(=O)c6ccc(C(C)(C)CC)cc6)cc5)cc4)cc3)cc2)cc1. The summed E-state index contributed by atoms with van der Waals surface area (Å²) in [6.45, 7) is 13.0. The summed E-state index contributed by atoms with van der Waals surface area (Å²) < 4.78 is 39.7. The zero-order valence-electron chi connectivity index (χ0n) is 39.4. The maximum absolute atomic E-state index is 13.5. The number of anilines is 6. The third-order valence-electron chi connectivity index (χ3n) is 12.9. The van der Waals surface area contributed by atoms with E-state index in [0.717, 1.165) is 82.2 Å². The van der Waals surface area contributed by atoms with Crippen molar-refractivity contribution in [2.24, 2.45) is 0 Å². The summed E-state index contributed by atoms with van der Waals surface area (Å²) in [5.41, 5.74) is 9.33. The lowest BCUT2D eigenvalue weighted by atomic mass is 9.82. The first-order valence-corrected chi connectivity index (χ1v) is 24.8. The highest BCUT2D eigenvalue weighted by Crippen LogP contribution is 2.40. The molecular formula is C60H60N2O4S. The highest BCUT2D eigenvalue weighted by atomic mass is 32.2. The largest absolute Gasteiger partial charge is 0.488 e. The summed E-state index contributed by atoms with van der Waals surface area (Å²) in [4.78, 5) is 4.98. The van der Waals surface area contributed by atoms with E-state index in [1.807, 2.05) is 60.7 Å². The van der Waals surface area contributed by atoms with Gasteiger partial charge in [0.15, 0.2) is 0 Å². The van der Waals surface area contributed by atoms with Crippen LogP contribution in [0.3, 0.4) is 0 Å². The zero-order valence-corrected chi connectivity index (χ0v) is 40.2. The van der Waals surface area contributed by atoms with Gasteiger partial charge in [-0.15, -0.1) is 0 Å². The van der Waals surface area contributed by atoms with Gasteiger partial charge in [-0.1, -0.05) is 114 Å². The number of para-hydroxylation sites is 2. The average Bonchev–Trinajstić information content (AvgIpc) is 3.36. The normalized spacial score (nSPS) is 12.5. The highest BCUT2D eigenvalue weighted by Gasteiger charge is 2.24. The zero-order chi connectivity index (χ0) is 47.0. The third kappa shape index (κ3) is 10.6. The molecule has 1 atom stereocenters. The molecule has 0 aromatic heterocycles. The Hall–Kier alpha value is -7.09. The Morgan fingerprint density at radius 3 is 1.16 bits per heavy atom. The van der Waals surface area contributed by atoms with Crippen LogP contribution < -0.4 is 19.3 Å². The molecule has 0 amide bonds. The fraction of sp³-hybridized carbons (Fsp3) is 0.200. The van der Waals surface area contributed by atoms with Crippen LogP contribution in [0.5, 0.6) is 17.2 Å². The molecule has 8 aromatic carbocycles. The summed E-state index contributed by atoms with van der Waals surface area (Å²) >= 11 is 0. The number of ether oxygens (including phenoxy) is 2. The quantitative estimate of drug-likeness (QED) is 0.0855. The highest BCUT2D eigenvalue weighted by molar-refractivity contribution is 7.91.